The first-order chi connectivity index (χ1) is 12.5. The number of hydrogen-bond donors (Lipinski definition) is 1. The van der Waals surface area contributed by atoms with Crippen molar-refractivity contribution in [2.75, 3.05) is 27.2 Å². The number of benzene rings is 2. The second kappa shape index (κ2) is 7.94. The highest BCUT2D eigenvalue weighted by Crippen LogP contribution is 2.34. The molecule has 1 N–H and O–H groups in total. The Morgan fingerprint density at radius 1 is 1.12 bits per heavy atom. The summed E-state index contributed by atoms with van der Waals surface area (Å²) in [4.78, 5) is 15.0. The summed E-state index contributed by atoms with van der Waals surface area (Å²) in [5, 5.41) is 5.62. The minimum atomic E-state index is -0.0549. The van der Waals surface area contributed by atoms with E-state index in [1.807, 2.05) is 62.1 Å². The van der Waals surface area contributed by atoms with Gasteiger partial charge in [0.15, 0.2) is 0 Å². The smallest absolute Gasteiger partial charge is 0.268 e. The molecular formula is C21H24ClN3O. The molecule has 1 heterocycles. The monoisotopic (exact) mass is 369 g/mol. The summed E-state index contributed by atoms with van der Waals surface area (Å²) in [5.74, 6) is -0.0549. The average Bonchev–Trinajstić information content (AvgIpc) is 2.90. The van der Waals surface area contributed by atoms with Crippen molar-refractivity contribution in [1.29, 1.82) is 0 Å². The minimum Gasteiger partial charge on any atom is -0.351 e. The van der Waals surface area contributed by atoms with Crippen molar-refractivity contribution in [3.8, 4) is 11.3 Å². The van der Waals surface area contributed by atoms with Crippen LogP contribution in [0.1, 0.15) is 16.9 Å². The van der Waals surface area contributed by atoms with E-state index in [1.165, 1.54) is 0 Å². The molecule has 0 saturated carbocycles. The number of amides is 1. The van der Waals surface area contributed by atoms with E-state index in [2.05, 4.69) is 22.3 Å². The summed E-state index contributed by atoms with van der Waals surface area (Å²) in [6.07, 6.45) is 0.915. The summed E-state index contributed by atoms with van der Waals surface area (Å²) >= 11 is 6.24. The molecule has 0 atom stereocenters. The van der Waals surface area contributed by atoms with E-state index in [0.29, 0.717) is 17.3 Å². The molecule has 1 amide bonds. The fourth-order valence-corrected chi connectivity index (χ4v) is 3.46. The highest BCUT2D eigenvalue weighted by molar-refractivity contribution is 6.31. The lowest BCUT2D eigenvalue weighted by molar-refractivity contribution is 0.0946. The molecule has 0 unspecified atom stereocenters. The molecular weight excluding hydrogens is 346 g/mol. The summed E-state index contributed by atoms with van der Waals surface area (Å²) < 4.78 is 1.97. The van der Waals surface area contributed by atoms with Crippen molar-refractivity contribution in [2.45, 2.75) is 6.42 Å². The average molecular weight is 370 g/mol. The Balaban J connectivity index is 2.01. The van der Waals surface area contributed by atoms with Gasteiger partial charge in [-0.1, -0.05) is 48.0 Å². The van der Waals surface area contributed by atoms with Crippen LogP contribution in [-0.2, 0) is 7.05 Å². The highest BCUT2D eigenvalue weighted by atomic mass is 35.5. The molecule has 0 aliphatic rings. The van der Waals surface area contributed by atoms with Crippen LogP contribution in [-0.4, -0.2) is 42.6 Å². The van der Waals surface area contributed by atoms with Crippen molar-refractivity contribution in [2.24, 2.45) is 7.05 Å². The molecule has 1 aromatic heterocycles. The van der Waals surface area contributed by atoms with Gasteiger partial charge >= 0.3 is 0 Å². The number of halogens is 1. The van der Waals surface area contributed by atoms with Gasteiger partial charge in [-0.25, -0.2) is 0 Å². The Hall–Kier alpha value is -2.30. The van der Waals surface area contributed by atoms with Crippen molar-refractivity contribution >= 4 is 28.3 Å². The summed E-state index contributed by atoms with van der Waals surface area (Å²) in [7, 11) is 6.00. The Kier molecular flexibility index (Phi) is 5.64. The van der Waals surface area contributed by atoms with Crippen molar-refractivity contribution in [1.82, 2.24) is 14.8 Å². The number of rotatable bonds is 6. The molecule has 26 heavy (non-hydrogen) atoms. The zero-order valence-electron chi connectivity index (χ0n) is 15.4. The molecule has 0 aliphatic heterocycles. The molecule has 0 bridgehead atoms. The van der Waals surface area contributed by atoms with E-state index in [0.717, 1.165) is 35.0 Å². The van der Waals surface area contributed by atoms with E-state index in [9.17, 15) is 4.79 Å². The molecule has 2 aromatic carbocycles. The summed E-state index contributed by atoms with van der Waals surface area (Å²) in [5.41, 5.74) is 2.73. The van der Waals surface area contributed by atoms with Crippen molar-refractivity contribution in [3.05, 3.63) is 59.2 Å². The largest absolute Gasteiger partial charge is 0.351 e. The lowest BCUT2D eigenvalue weighted by Crippen LogP contribution is -2.28. The van der Waals surface area contributed by atoms with Crippen LogP contribution in [0.4, 0.5) is 0 Å². The first kappa shape index (κ1) is 18.5. The number of aromatic nitrogens is 1. The van der Waals surface area contributed by atoms with E-state index in [1.54, 1.807) is 0 Å². The Morgan fingerprint density at radius 2 is 1.85 bits per heavy atom. The fourth-order valence-electron chi connectivity index (χ4n) is 3.29. The van der Waals surface area contributed by atoms with Gasteiger partial charge in [0.25, 0.3) is 5.91 Å². The van der Waals surface area contributed by atoms with Gasteiger partial charge in [-0.15, -0.1) is 0 Å². The minimum absolute atomic E-state index is 0.0549. The predicted molar refractivity (Wildman–Crippen MR) is 109 cm³/mol. The summed E-state index contributed by atoms with van der Waals surface area (Å²) in [6.45, 7) is 1.59. The van der Waals surface area contributed by atoms with Crippen molar-refractivity contribution < 1.29 is 4.79 Å². The highest BCUT2D eigenvalue weighted by Gasteiger charge is 2.21. The Bertz CT molecular complexity index is 916. The van der Waals surface area contributed by atoms with Crippen LogP contribution in [0.3, 0.4) is 0 Å². The van der Waals surface area contributed by atoms with Crippen LogP contribution in [0, 0.1) is 0 Å². The van der Waals surface area contributed by atoms with Crippen LogP contribution < -0.4 is 5.32 Å². The maximum Gasteiger partial charge on any atom is 0.268 e. The van der Waals surface area contributed by atoms with Crippen LogP contribution >= 0.6 is 11.6 Å². The first-order valence-electron chi connectivity index (χ1n) is 8.75. The van der Waals surface area contributed by atoms with Crippen LogP contribution in [0.2, 0.25) is 5.02 Å². The van der Waals surface area contributed by atoms with E-state index >= 15 is 0 Å². The third-order valence-corrected chi connectivity index (χ3v) is 4.73. The van der Waals surface area contributed by atoms with Gasteiger partial charge in [-0.05, 0) is 44.8 Å². The van der Waals surface area contributed by atoms with Crippen LogP contribution in [0.25, 0.3) is 22.0 Å². The third-order valence-electron chi connectivity index (χ3n) is 4.49. The van der Waals surface area contributed by atoms with Gasteiger partial charge < -0.3 is 14.8 Å². The number of nitrogens with zero attached hydrogens (tertiary/aromatic N) is 2. The third kappa shape index (κ3) is 3.76. The molecule has 0 fully saturated rings. The van der Waals surface area contributed by atoms with E-state index in [-0.39, 0.29) is 5.91 Å². The van der Waals surface area contributed by atoms with Gasteiger partial charge in [-0.2, -0.15) is 0 Å². The van der Waals surface area contributed by atoms with Gasteiger partial charge in [0.2, 0.25) is 0 Å². The maximum absolute atomic E-state index is 12.9. The zero-order chi connectivity index (χ0) is 18.7. The first-order valence-corrected chi connectivity index (χ1v) is 9.13. The number of hydrogen-bond acceptors (Lipinski definition) is 2. The standard InChI is InChI=1S/C21H24ClN3O/c1-24(2)13-7-12-23-21(26)20-17-11-10-16(22)14-18(17)19(25(20)3)15-8-5-4-6-9-15/h4-6,8-11,14H,7,12-13H2,1-3H3,(H,23,26). The van der Waals surface area contributed by atoms with Crippen LogP contribution in [0.15, 0.2) is 48.5 Å². The second-order valence-corrected chi connectivity index (χ2v) is 7.16. The molecule has 5 heteroatoms. The molecule has 0 aliphatic carbocycles. The molecule has 0 spiro atoms. The number of carbonyl (C=O) groups is 1. The number of carbonyl (C=O) groups excluding carboxylic acids is 1. The predicted octanol–water partition coefficient (Wildman–Crippen LogP) is 4.18. The van der Waals surface area contributed by atoms with Crippen molar-refractivity contribution in [3.63, 3.8) is 0 Å². The number of nitrogens with one attached hydrogen (secondary N) is 1. The molecule has 136 valence electrons. The molecule has 0 radical (unpaired) electrons. The Labute approximate surface area is 159 Å². The number of fused-ring (bicyclic) bond motifs is 1. The quantitative estimate of drug-likeness (QED) is 0.662. The molecule has 0 saturated heterocycles. The molecule has 4 nitrogen and oxygen atoms in total. The fraction of sp³-hybridized carbons (Fsp3) is 0.286. The molecule has 3 aromatic rings. The van der Waals surface area contributed by atoms with Gasteiger partial charge in [0.1, 0.15) is 5.69 Å². The van der Waals surface area contributed by atoms with Gasteiger partial charge in [-0.3, -0.25) is 4.79 Å². The second-order valence-electron chi connectivity index (χ2n) is 6.72. The SMILES string of the molecule is CN(C)CCCNC(=O)c1c2ccc(Cl)cc2c(-c2ccccc2)n1C. The summed E-state index contributed by atoms with van der Waals surface area (Å²) in [6, 6.07) is 15.8. The lowest BCUT2D eigenvalue weighted by atomic mass is 10.1. The van der Waals surface area contributed by atoms with Crippen LogP contribution in [0.5, 0.6) is 0 Å². The van der Waals surface area contributed by atoms with Gasteiger partial charge in [0, 0.05) is 29.4 Å². The molecule has 3 rings (SSSR count). The Morgan fingerprint density at radius 3 is 2.54 bits per heavy atom. The lowest BCUT2D eigenvalue weighted by Gasteiger charge is -2.11. The maximum atomic E-state index is 12.9. The topological polar surface area (TPSA) is 37.3 Å². The van der Waals surface area contributed by atoms with Gasteiger partial charge in [0.05, 0.1) is 5.69 Å². The van der Waals surface area contributed by atoms with E-state index < -0.39 is 0 Å². The zero-order valence-corrected chi connectivity index (χ0v) is 16.2. The van der Waals surface area contributed by atoms with E-state index in [4.69, 9.17) is 11.6 Å². The normalized spacial score (nSPS) is 11.3.